The van der Waals surface area contributed by atoms with E-state index in [1.165, 1.54) is 0 Å². The second-order valence-corrected chi connectivity index (χ2v) is 6.40. The molecule has 0 aromatic carbocycles. The van der Waals surface area contributed by atoms with E-state index in [0.717, 1.165) is 12.2 Å². The highest BCUT2D eigenvalue weighted by molar-refractivity contribution is 5.68. The molecule has 20 heavy (non-hydrogen) atoms. The summed E-state index contributed by atoms with van der Waals surface area (Å²) in [5.41, 5.74) is 5.81. The van der Waals surface area contributed by atoms with Gasteiger partial charge in [-0.05, 0) is 27.2 Å². The average Bonchev–Trinajstić information content (AvgIpc) is 2.94. The Kier molecular flexibility index (Phi) is 4.04. The number of rotatable bonds is 2. The summed E-state index contributed by atoms with van der Waals surface area (Å²) >= 11 is 0. The van der Waals surface area contributed by atoms with E-state index < -0.39 is 5.60 Å². The Balaban J connectivity index is 1.95. The molecule has 0 radical (unpaired) electrons. The Morgan fingerprint density at radius 1 is 1.55 bits per heavy atom. The predicted molar refractivity (Wildman–Crippen MR) is 76.1 cm³/mol. The minimum absolute atomic E-state index is 0.151. The van der Waals surface area contributed by atoms with Crippen LogP contribution in [0, 0.1) is 5.92 Å². The van der Waals surface area contributed by atoms with Crippen LogP contribution < -0.4 is 5.73 Å². The number of ether oxygens (including phenoxy) is 1. The van der Waals surface area contributed by atoms with E-state index in [9.17, 15) is 4.79 Å². The standard InChI is InChI=1S/C14H24N4O2/c1-14(2,3)20-13(19)18-7-5-10(9-18)11(15)12-16-6-8-17(12)4/h6,8,10-11H,5,7,9,15H2,1-4H3. The van der Waals surface area contributed by atoms with Gasteiger partial charge in [0.25, 0.3) is 0 Å². The van der Waals surface area contributed by atoms with Crippen LogP contribution in [0.5, 0.6) is 0 Å². The predicted octanol–water partition coefficient (Wildman–Crippen LogP) is 1.68. The van der Waals surface area contributed by atoms with E-state index in [1.807, 2.05) is 38.6 Å². The van der Waals surface area contributed by atoms with E-state index in [0.29, 0.717) is 13.1 Å². The van der Waals surface area contributed by atoms with Crippen LogP contribution in [-0.4, -0.2) is 39.2 Å². The van der Waals surface area contributed by atoms with Gasteiger partial charge >= 0.3 is 6.09 Å². The number of carbonyl (C=O) groups is 1. The van der Waals surface area contributed by atoms with Gasteiger partial charge in [-0.3, -0.25) is 0 Å². The van der Waals surface area contributed by atoms with Crippen LogP contribution in [0.25, 0.3) is 0 Å². The van der Waals surface area contributed by atoms with Crippen LogP contribution in [0.15, 0.2) is 12.4 Å². The van der Waals surface area contributed by atoms with Gasteiger partial charge in [0, 0.05) is 38.4 Å². The summed E-state index contributed by atoms with van der Waals surface area (Å²) in [5.74, 6) is 1.09. The Hall–Kier alpha value is -1.56. The molecule has 1 aliphatic rings. The first kappa shape index (κ1) is 14.8. The Labute approximate surface area is 119 Å². The molecule has 1 aromatic heterocycles. The summed E-state index contributed by atoms with van der Waals surface area (Å²) in [6, 6.07) is -0.151. The highest BCUT2D eigenvalue weighted by atomic mass is 16.6. The SMILES string of the molecule is Cn1ccnc1C(N)C1CCN(C(=O)OC(C)(C)C)C1. The molecule has 1 saturated heterocycles. The Morgan fingerprint density at radius 3 is 2.80 bits per heavy atom. The van der Waals surface area contributed by atoms with Gasteiger partial charge in [0.1, 0.15) is 11.4 Å². The molecule has 0 aliphatic carbocycles. The van der Waals surface area contributed by atoms with Crippen molar-refractivity contribution in [1.82, 2.24) is 14.5 Å². The van der Waals surface area contributed by atoms with Crippen LogP contribution >= 0.6 is 0 Å². The molecule has 112 valence electrons. The molecule has 1 aliphatic heterocycles. The molecule has 2 unspecified atom stereocenters. The largest absolute Gasteiger partial charge is 0.444 e. The monoisotopic (exact) mass is 280 g/mol. The maximum atomic E-state index is 12.0. The number of aryl methyl sites for hydroxylation is 1. The number of amides is 1. The molecular formula is C14H24N4O2. The average molecular weight is 280 g/mol. The van der Waals surface area contributed by atoms with Gasteiger partial charge in [-0.1, -0.05) is 0 Å². The maximum absolute atomic E-state index is 12.0. The molecule has 6 heteroatoms. The van der Waals surface area contributed by atoms with Crippen molar-refractivity contribution in [2.45, 2.75) is 38.8 Å². The number of imidazole rings is 1. The van der Waals surface area contributed by atoms with Gasteiger partial charge in [-0.2, -0.15) is 0 Å². The van der Waals surface area contributed by atoms with Gasteiger partial charge < -0.3 is 19.9 Å². The Bertz CT molecular complexity index is 478. The van der Waals surface area contributed by atoms with Crippen molar-refractivity contribution in [2.24, 2.45) is 18.7 Å². The normalized spacial score (nSPS) is 21.1. The van der Waals surface area contributed by atoms with Crippen molar-refractivity contribution in [3.05, 3.63) is 18.2 Å². The number of hydrogen-bond donors (Lipinski definition) is 1. The highest BCUT2D eigenvalue weighted by Gasteiger charge is 2.34. The smallest absolute Gasteiger partial charge is 0.410 e. The summed E-state index contributed by atoms with van der Waals surface area (Å²) in [7, 11) is 1.93. The van der Waals surface area contributed by atoms with Crippen molar-refractivity contribution in [2.75, 3.05) is 13.1 Å². The van der Waals surface area contributed by atoms with Crippen molar-refractivity contribution in [3.63, 3.8) is 0 Å². The van der Waals surface area contributed by atoms with Gasteiger partial charge in [0.05, 0.1) is 6.04 Å². The van der Waals surface area contributed by atoms with E-state index in [1.54, 1.807) is 11.1 Å². The summed E-state index contributed by atoms with van der Waals surface area (Å²) in [6.07, 6.45) is 4.26. The first-order valence-electron chi connectivity index (χ1n) is 6.98. The van der Waals surface area contributed by atoms with Gasteiger partial charge in [-0.15, -0.1) is 0 Å². The topological polar surface area (TPSA) is 73.4 Å². The number of hydrogen-bond acceptors (Lipinski definition) is 4. The van der Waals surface area contributed by atoms with Crippen LogP contribution in [0.2, 0.25) is 0 Å². The molecule has 2 rings (SSSR count). The summed E-state index contributed by atoms with van der Waals surface area (Å²) in [5, 5.41) is 0. The van der Waals surface area contributed by atoms with E-state index in [2.05, 4.69) is 4.98 Å². The van der Waals surface area contributed by atoms with Crippen LogP contribution in [-0.2, 0) is 11.8 Å². The fourth-order valence-corrected chi connectivity index (χ4v) is 2.48. The third-order valence-corrected chi connectivity index (χ3v) is 3.54. The first-order valence-corrected chi connectivity index (χ1v) is 6.98. The third kappa shape index (κ3) is 3.30. The minimum atomic E-state index is -0.461. The fourth-order valence-electron chi connectivity index (χ4n) is 2.48. The second kappa shape index (κ2) is 5.44. The van der Waals surface area contributed by atoms with Crippen molar-refractivity contribution in [1.29, 1.82) is 0 Å². The fraction of sp³-hybridized carbons (Fsp3) is 0.714. The van der Waals surface area contributed by atoms with Gasteiger partial charge in [-0.25, -0.2) is 9.78 Å². The zero-order valence-corrected chi connectivity index (χ0v) is 12.7. The number of nitrogens with zero attached hydrogens (tertiary/aromatic N) is 3. The zero-order valence-electron chi connectivity index (χ0n) is 12.7. The second-order valence-electron chi connectivity index (χ2n) is 6.40. The molecule has 2 atom stereocenters. The summed E-state index contributed by atoms with van der Waals surface area (Å²) in [4.78, 5) is 18.1. The third-order valence-electron chi connectivity index (χ3n) is 3.54. The zero-order chi connectivity index (χ0) is 14.9. The molecular weight excluding hydrogens is 256 g/mol. The molecule has 1 fully saturated rings. The number of nitrogens with two attached hydrogens (primary N) is 1. The lowest BCUT2D eigenvalue weighted by molar-refractivity contribution is 0.0286. The Morgan fingerprint density at radius 2 is 2.25 bits per heavy atom. The molecule has 2 heterocycles. The van der Waals surface area contributed by atoms with E-state index in [4.69, 9.17) is 10.5 Å². The number of aromatic nitrogens is 2. The number of carbonyl (C=O) groups excluding carboxylic acids is 1. The van der Waals surface area contributed by atoms with Crippen LogP contribution in [0.3, 0.4) is 0 Å². The van der Waals surface area contributed by atoms with E-state index >= 15 is 0 Å². The molecule has 0 spiro atoms. The summed E-state index contributed by atoms with van der Waals surface area (Å²) < 4.78 is 7.32. The molecule has 6 nitrogen and oxygen atoms in total. The van der Waals surface area contributed by atoms with Crippen LogP contribution in [0.4, 0.5) is 4.79 Å². The lowest BCUT2D eigenvalue weighted by atomic mass is 9.99. The van der Waals surface area contributed by atoms with E-state index in [-0.39, 0.29) is 18.1 Å². The summed E-state index contributed by atoms with van der Waals surface area (Å²) in [6.45, 7) is 6.94. The van der Waals surface area contributed by atoms with Crippen molar-refractivity contribution >= 4 is 6.09 Å². The van der Waals surface area contributed by atoms with Crippen LogP contribution in [0.1, 0.15) is 39.1 Å². The molecule has 1 amide bonds. The van der Waals surface area contributed by atoms with Crippen molar-refractivity contribution in [3.8, 4) is 0 Å². The lowest BCUT2D eigenvalue weighted by Crippen LogP contribution is -2.36. The minimum Gasteiger partial charge on any atom is -0.444 e. The molecule has 0 bridgehead atoms. The molecule has 1 aromatic rings. The molecule has 2 N–H and O–H groups in total. The maximum Gasteiger partial charge on any atom is 0.410 e. The molecule has 0 saturated carbocycles. The first-order chi connectivity index (χ1) is 9.28. The number of likely N-dealkylation sites (tertiary alicyclic amines) is 1. The van der Waals surface area contributed by atoms with Gasteiger partial charge in [0.15, 0.2) is 0 Å². The van der Waals surface area contributed by atoms with Gasteiger partial charge in [0.2, 0.25) is 0 Å². The highest BCUT2D eigenvalue weighted by Crippen LogP contribution is 2.28. The quantitative estimate of drug-likeness (QED) is 0.894. The lowest BCUT2D eigenvalue weighted by Gasteiger charge is -2.25. The van der Waals surface area contributed by atoms with Crippen molar-refractivity contribution < 1.29 is 9.53 Å².